The third-order valence-electron chi connectivity index (χ3n) is 5.78. The molecule has 2 heterocycles. The van der Waals surface area contributed by atoms with Crippen LogP contribution in [-0.4, -0.2) is 55.3 Å². The Bertz CT molecular complexity index is 633. The summed E-state index contributed by atoms with van der Waals surface area (Å²) in [4.78, 5) is 15.2. The van der Waals surface area contributed by atoms with Crippen LogP contribution >= 0.6 is 0 Å². The summed E-state index contributed by atoms with van der Waals surface area (Å²) < 4.78 is 11.9. The Morgan fingerprint density at radius 3 is 2.62 bits per heavy atom. The fourth-order valence-corrected chi connectivity index (χ4v) is 4.09. The highest BCUT2D eigenvalue weighted by Gasteiger charge is 2.45. The summed E-state index contributed by atoms with van der Waals surface area (Å²) >= 11 is 0. The molecule has 0 atom stereocenters. The molecule has 1 spiro atoms. The molecule has 0 unspecified atom stereocenters. The minimum absolute atomic E-state index is 0.0922. The van der Waals surface area contributed by atoms with E-state index in [0.29, 0.717) is 31.4 Å². The van der Waals surface area contributed by atoms with Crippen molar-refractivity contribution < 1.29 is 14.3 Å². The van der Waals surface area contributed by atoms with Gasteiger partial charge < -0.3 is 19.7 Å². The van der Waals surface area contributed by atoms with Crippen LogP contribution in [0.4, 0.5) is 0 Å². The number of fused-ring (bicyclic) bond motifs is 1. The molecule has 2 fully saturated rings. The second-order valence-corrected chi connectivity index (χ2v) is 7.47. The zero-order valence-corrected chi connectivity index (χ0v) is 14.5. The Labute approximate surface area is 143 Å². The molecule has 2 aliphatic heterocycles. The quantitative estimate of drug-likeness (QED) is 0.902. The summed E-state index contributed by atoms with van der Waals surface area (Å²) in [5.41, 5.74) is 1.53. The largest absolute Gasteiger partial charge is 0.485 e. The Morgan fingerprint density at radius 2 is 2.00 bits per heavy atom. The number of aryl methyl sites for hydroxylation is 1. The molecule has 3 aliphatic rings. The van der Waals surface area contributed by atoms with E-state index in [1.54, 1.807) is 0 Å². The fourth-order valence-electron chi connectivity index (χ4n) is 4.09. The third kappa shape index (κ3) is 2.70. The van der Waals surface area contributed by atoms with Gasteiger partial charge >= 0.3 is 0 Å². The lowest BCUT2D eigenvalue weighted by atomic mass is 9.81. The van der Waals surface area contributed by atoms with Gasteiger partial charge in [0.05, 0.1) is 31.4 Å². The molecular formula is C19H26N2O3. The monoisotopic (exact) mass is 330 g/mol. The first-order chi connectivity index (χ1) is 11.6. The van der Waals surface area contributed by atoms with Crippen LogP contribution in [0, 0.1) is 6.92 Å². The predicted molar refractivity (Wildman–Crippen MR) is 91.5 cm³/mol. The topological polar surface area (TPSA) is 50.8 Å². The molecule has 1 aromatic rings. The van der Waals surface area contributed by atoms with E-state index in [-0.39, 0.29) is 17.6 Å². The smallest absolute Gasteiger partial charge is 0.258 e. The van der Waals surface area contributed by atoms with Crippen molar-refractivity contribution in [3.63, 3.8) is 0 Å². The molecule has 24 heavy (non-hydrogen) atoms. The summed E-state index contributed by atoms with van der Waals surface area (Å²) in [6, 6.07) is 6.70. The number of amides is 1. The first kappa shape index (κ1) is 15.9. The van der Waals surface area contributed by atoms with Crippen LogP contribution in [-0.2, 0) is 4.74 Å². The van der Waals surface area contributed by atoms with Crippen LogP contribution in [0.1, 0.15) is 41.6 Å². The van der Waals surface area contributed by atoms with E-state index < -0.39 is 0 Å². The summed E-state index contributed by atoms with van der Waals surface area (Å²) in [5, 5.41) is 3.38. The van der Waals surface area contributed by atoms with E-state index in [0.717, 1.165) is 37.0 Å². The summed E-state index contributed by atoms with van der Waals surface area (Å²) in [6.45, 7) is 3.97. The van der Waals surface area contributed by atoms with Crippen molar-refractivity contribution in [3.05, 3.63) is 29.3 Å². The van der Waals surface area contributed by atoms with E-state index in [1.807, 2.05) is 37.1 Å². The van der Waals surface area contributed by atoms with Crippen LogP contribution in [0.5, 0.6) is 5.75 Å². The molecule has 1 aromatic carbocycles. The molecule has 1 aliphatic carbocycles. The van der Waals surface area contributed by atoms with Crippen LogP contribution in [0.2, 0.25) is 0 Å². The molecule has 5 nitrogen and oxygen atoms in total. The zero-order valence-electron chi connectivity index (χ0n) is 14.5. The normalized spacial score (nSPS) is 30.5. The van der Waals surface area contributed by atoms with Crippen LogP contribution in [0.25, 0.3) is 0 Å². The third-order valence-corrected chi connectivity index (χ3v) is 5.78. The SMILES string of the molecule is CNC1CCC2(CC1)CN(C1COC1)C(=O)c1cc(C)ccc1O2. The molecule has 4 rings (SSSR count). The standard InChI is InChI=1S/C19H26N2O3/c1-13-3-4-17-16(9-13)18(22)21(15-10-23-11-15)12-19(24-17)7-5-14(20-2)6-8-19/h3-4,9,14-15,20H,5-8,10-12H2,1-2H3. The average Bonchev–Trinajstić information content (AvgIpc) is 2.64. The molecule has 130 valence electrons. The van der Waals surface area contributed by atoms with E-state index >= 15 is 0 Å². The van der Waals surface area contributed by atoms with Crippen molar-refractivity contribution in [1.29, 1.82) is 0 Å². The molecule has 5 heteroatoms. The van der Waals surface area contributed by atoms with Crippen molar-refractivity contribution in [1.82, 2.24) is 10.2 Å². The van der Waals surface area contributed by atoms with Crippen molar-refractivity contribution in [2.75, 3.05) is 26.8 Å². The lowest BCUT2D eigenvalue weighted by Crippen LogP contribution is -2.58. The van der Waals surface area contributed by atoms with E-state index in [2.05, 4.69) is 5.32 Å². The maximum Gasteiger partial charge on any atom is 0.258 e. The van der Waals surface area contributed by atoms with Gasteiger partial charge in [-0.1, -0.05) is 11.6 Å². The Morgan fingerprint density at radius 1 is 1.25 bits per heavy atom. The second-order valence-electron chi connectivity index (χ2n) is 7.47. The van der Waals surface area contributed by atoms with Gasteiger partial charge in [0.25, 0.3) is 5.91 Å². The van der Waals surface area contributed by atoms with Crippen molar-refractivity contribution in [3.8, 4) is 5.75 Å². The molecule has 1 N–H and O–H groups in total. The summed E-state index contributed by atoms with van der Waals surface area (Å²) in [7, 11) is 2.02. The highest BCUT2D eigenvalue weighted by Crippen LogP contribution is 2.39. The number of ether oxygens (including phenoxy) is 2. The maximum atomic E-state index is 13.1. The van der Waals surface area contributed by atoms with Crippen molar-refractivity contribution in [2.45, 2.75) is 50.3 Å². The number of nitrogens with one attached hydrogen (secondary N) is 1. The predicted octanol–water partition coefficient (Wildman–Crippen LogP) is 2.13. The lowest BCUT2D eigenvalue weighted by molar-refractivity contribution is -0.0776. The molecule has 0 aromatic heterocycles. The van der Waals surface area contributed by atoms with Crippen molar-refractivity contribution in [2.24, 2.45) is 0 Å². The van der Waals surface area contributed by atoms with Crippen LogP contribution in [0.15, 0.2) is 18.2 Å². The van der Waals surface area contributed by atoms with Crippen molar-refractivity contribution >= 4 is 5.91 Å². The molecule has 1 saturated heterocycles. The van der Waals surface area contributed by atoms with Crippen LogP contribution in [0.3, 0.4) is 0 Å². The molecule has 1 saturated carbocycles. The number of carbonyl (C=O) groups excluding carboxylic acids is 1. The zero-order chi connectivity index (χ0) is 16.7. The average molecular weight is 330 g/mol. The number of hydrogen-bond donors (Lipinski definition) is 1. The minimum Gasteiger partial charge on any atom is -0.485 e. The number of rotatable bonds is 2. The van der Waals surface area contributed by atoms with Gasteiger partial charge in [-0.2, -0.15) is 0 Å². The molecule has 0 bridgehead atoms. The van der Waals surface area contributed by atoms with Gasteiger partial charge in [-0.25, -0.2) is 0 Å². The lowest BCUT2D eigenvalue weighted by Gasteiger charge is -2.44. The first-order valence-electron chi connectivity index (χ1n) is 8.96. The van der Waals surface area contributed by atoms with Crippen LogP contribution < -0.4 is 10.1 Å². The Balaban J connectivity index is 1.69. The Hall–Kier alpha value is -1.59. The van der Waals surface area contributed by atoms with Gasteiger partial charge in [-0.15, -0.1) is 0 Å². The van der Waals surface area contributed by atoms with E-state index in [4.69, 9.17) is 9.47 Å². The molecular weight excluding hydrogens is 304 g/mol. The first-order valence-corrected chi connectivity index (χ1v) is 8.96. The number of nitrogens with zero attached hydrogens (tertiary/aromatic N) is 1. The number of carbonyl (C=O) groups is 1. The van der Waals surface area contributed by atoms with Gasteiger partial charge in [-0.05, 0) is 51.8 Å². The highest BCUT2D eigenvalue weighted by molar-refractivity contribution is 5.98. The summed E-state index contributed by atoms with van der Waals surface area (Å²) in [5.74, 6) is 0.839. The number of benzene rings is 1. The molecule has 1 amide bonds. The maximum absolute atomic E-state index is 13.1. The molecule has 0 radical (unpaired) electrons. The van der Waals surface area contributed by atoms with Gasteiger partial charge in [0.1, 0.15) is 11.4 Å². The van der Waals surface area contributed by atoms with Gasteiger partial charge in [0.15, 0.2) is 0 Å². The van der Waals surface area contributed by atoms with Gasteiger partial charge in [-0.3, -0.25) is 4.79 Å². The van der Waals surface area contributed by atoms with E-state index in [1.165, 1.54) is 0 Å². The fraction of sp³-hybridized carbons (Fsp3) is 0.632. The van der Waals surface area contributed by atoms with Gasteiger partial charge in [0.2, 0.25) is 0 Å². The van der Waals surface area contributed by atoms with E-state index in [9.17, 15) is 4.79 Å². The Kier molecular flexibility index (Phi) is 4.01. The minimum atomic E-state index is -0.265. The second kappa shape index (κ2) is 6.05. The van der Waals surface area contributed by atoms with Gasteiger partial charge in [0, 0.05) is 6.04 Å². The highest BCUT2D eigenvalue weighted by atomic mass is 16.5. The number of hydrogen-bond acceptors (Lipinski definition) is 4. The summed E-state index contributed by atoms with van der Waals surface area (Å²) in [6.07, 6.45) is 4.12.